The lowest BCUT2D eigenvalue weighted by Gasteiger charge is -2.19. The van der Waals surface area contributed by atoms with Gasteiger partial charge in [-0.05, 0) is 37.9 Å². The average Bonchev–Trinajstić information content (AvgIpc) is 3.35. The van der Waals surface area contributed by atoms with Crippen LogP contribution in [-0.2, 0) is 6.42 Å². The minimum atomic E-state index is -0.0181. The Labute approximate surface area is 127 Å². The highest BCUT2D eigenvalue weighted by Crippen LogP contribution is 2.25. The molecule has 0 radical (unpaired) electrons. The van der Waals surface area contributed by atoms with Gasteiger partial charge in [0, 0.05) is 37.4 Å². The van der Waals surface area contributed by atoms with Crippen LogP contribution < -0.4 is 10.6 Å². The molecule has 116 valence electrons. The summed E-state index contributed by atoms with van der Waals surface area (Å²) in [5.41, 5.74) is 1.61. The Morgan fingerprint density at radius 3 is 2.71 bits per heavy atom. The van der Waals surface area contributed by atoms with Crippen LogP contribution in [0.4, 0.5) is 5.82 Å². The fraction of sp³-hybridized carbons (Fsp3) is 0.625. The van der Waals surface area contributed by atoms with Gasteiger partial charge in [0.15, 0.2) is 0 Å². The first-order valence-corrected chi connectivity index (χ1v) is 7.88. The number of amides is 1. The van der Waals surface area contributed by atoms with E-state index in [1.54, 1.807) is 6.07 Å². The largest absolute Gasteiger partial charge is 0.373 e. The molecule has 2 N–H and O–H groups in total. The number of anilines is 1. The second kappa shape index (κ2) is 7.41. The quantitative estimate of drug-likeness (QED) is 0.768. The molecule has 0 unspecified atom stereocenters. The normalized spacial score (nSPS) is 14.3. The third-order valence-corrected chi connectivity index (χ3v) is 3.91. The number of carbonyl (C=O) groups is 1. The van der Waals surface area contributed by atoms with Gasteiger partial charge in [-0.2, -0.15) is 0 Å². The van der Waals surface area contributed by atoms with Crippen LogP contribution in [-0.4, -0.2) is 48.5 Å². The van der Waals surface area contributed by atoms with Gasteiger partial charge in [0.25, 0.3) is 5.91 Å². The van der Waals surface area contributed by atoms with Gasteiger partial charge in [-0.15, -0.1) is 0 Å². The lowest BCUT2D eigenvalue weighted by atomic mass is 10.2. The maximum absolute atomic E-state index is 12.3. The molecule has 1 amide bonds. The zero-order valence-electron chi connectivity index (χ0n) is 13.3. The van der Waals surface area contributed by atoms with E-state index in [4.69, 9.17) is 0 Å². The molecule has 0 spiro atoms. The van der Waals surface area contributed by atoms with Crippen molar-refractivity contribution < 1.29 is 4.79 Å². The summed E-state index contributed by atoms with van der Waals surface area (Å²) in [6.45, 7) is 6.90. The van der Waals surface area contributed by atoms with Crippen LogP contribution in [0.1, 0.15) is 42.7 Å². The van der Waals surface area contributed by atoms with E-state index in [0.717, 1.165) is 37.1 Å². The van der Waals surface area contributed by atoms with Crippen molar-refractivity contribution in [2.75, 3.05) is 32.0 Å². The molecule has 21 heavy (non-hydrogen) atoms. The summed E-state index contributed by atoms with van der Waals surface area (Å²) < 4.78 is 0. The summed E-state index contributed by atoms with van der Waals surface area (Å²) in [7, 11) is 1.82. The van der Waals surface area contributed by atoms with E-state index < -0.39 is 0 Å². The van der Waals surface area contributed by atoms with Crippen molar-refractivity contribution in [2.45, 2.75) is 39.2 Å². The van der Waals surface area contributed by atoms with E-state index in [-0.39, 0.29) is 5.91 Å². The number of carbonyl (C=O) groups excluding carboxylic acids is 1. The predicted molar refractivity (Wildman–Crippen MR) is 85.8 cm³/mol. The summed E-state index contributed by atoms with van der Waals surface area (Å²) in [5, 5.41) is 6.02. The molecule has 0 atom stereocenters. The molecule has 0 aromatic carbocycles. The van der Waals surface area contributed by atoms with Crippen molar-refractivity contribution in [2.24, 2.45) is 0 Å². The first-order valence-electron chi connectivity index (χ1n) is 7.88. The molecule has 0 saturated heterocycles. The Morgan fingerprint density at radius 1 is 1.38 bits per heavy atom. The summed E-state index contributed by atoms with van der Waals surface area (Å²) in [5.74, 6) is 0.725. The van der Waals surface area contributed by atoms with Gasteiger partial charge >= 0.3 is 0 Å². The monoisotopic (exact) mass is 290 g/mol. The summed E-state index contributed by atoms with van der Waals surface area (Å²) >= 11 is 0. The molecule has 1 fully saturated rings. The topological polar surface area (TPSA) is 57.3 Å². The molecule has 5 nitrogen and oxygen atoms in total. The second-order valence-corrected chi connectivity index (χ2v) is 5.45. The Morgan fingerprint density at radius 2 is 2.14 bits per heavy atom. The lowest BCUT2D eigenvalue weighted by Crippen LogP contribution is -2.36. The molecule has 2 rings (SSSR count). The number of pyridine rings is 1. The Balaban J connectivity index is 1.90. The average molecular weight is 290 g/mol. The lowest BCUT2D eigenvalue weighted by molar-refractivity contribution is 0.0948. The molecule has 1 aliphatic rings. The summed E-state index contributed by atoms with van der Waals surface area (Å²) in [4.78, 5) is 19.1. The third kappa shape index (κ3) is 4.43. The van der Waals surface area contributed by atoms with Crippen molar-refractivity contribution in [3.05, 3.63) is 23.4 Å². The van der Waals surface area contributed by atoms with Crippen LogP contribution in [0.15, 0.2) is 12.1 Å². The second-order valence-electron chi connectivity index (χ2n) is 5.45. The number of aromatic nitrogens is 1. The van der Waals surface area contributed by atoms with Crippen LogP contribution in [0.25, 0.3) is 0 Å². The molecule has 1 aromatic heterocycles. The van der Waals surface area contributed by atoms with Gasteiger partial charge < -0.3 is 10.6 Å². The van der Waals surface area contributed by atoms with Crippen molar-refractivity contribution in [3.8, 4) is 0 Å². The van der Waals surface area contributed by atoms with E-state index in [2.05, 4.69) is 27.4 Å². The molecular formula is C16H26N4O. The first-order chi connectivity index (χ1) is 10.2. The summed E-state index contributed by atoms with van der Waals surface area (Å²) in [6.07, 6.45) is 3.43. The van der Waals surface area contributed by atoms with Gasteiger partial charge in [-0.25, -0.2) is 4.98 Å². The van der Waals surface area contributed by atoms with Crippen LogP contribution in [0, 0.1) is 0 Å². The standard InChI is InChI=1S/C16H26N4O/c1-4-13-10-12(11-15(17-3)19-13)16(21)18-8-9-20(5-2)14-6-7-14/h10-11,14H,4-9H2,1-3H3,(H,17,19)(H,18,21). The number of rotatable bonds is 8. The fourth-order valence-electron chi connectivity index (χ4n) is 2.48. The number of nitrogens with zero attached hydrogens (tertiary/aromatic N) is 2. The van der Waals surface area contributed by atoms with E-state index in [9.17, 15) is 4.79 Å². The predicted octanol–water partition coefficient (Wildman–Crippen LogP) is 1.90. The van der Waals surface area contributed by atoms with Crippen molar-refractivity contribution in [1.29, 1.82) is 0 Å². The van der Waals surface area contributed by atoms with E-state index >= 15 is 0 Å². The number of nitrogens with one attached hydrogen (secondary N) is 2. The third-order valence-electron chi connectivity index (χ3n) is 3.91. The van der Waals surface area contributed by atoms with Gasteiger partial charge in [0.2, 0.25) is 0 Å². The molecular weight excluding hydrogens is 264 g/mol. The SMILES string of the molecule is CCc1cc(C(=O)NCCN(CC)C2CC2)cc(NC)n1. The zero-order chi connectivity index (χ0) is 15.2. The zero-order valence-corrected chi connectivity index (χ0v) is 13.3. The Bertz CT molecular complexity index is 463. The van der Waals surface area contributed by atoms with Crippen molar-refractivity contribution >= 4 is 11.7 Å². The van der Waals surface area contributed by atoms with E-state index in [1.165, 1.54) is 12.8 Å². The number of hydrogen-bond acceptors (Lipinski definition) is 4. The molecule has 5 heteroatoms. The highest BCUT2D eigenvalue weighted by atomic mass is 16.1. The Kier molecular flexibility index (Phi) is 5.56. The van der Waals surface area contributed by atoms with Crippen molar-refractivity contribution in [1.82, 2.24) is 15.2 Å². The number of hydrogen-bond donors (Lipinski definition) is 2. The molecule has 0 aliphatic heterocycles. The van der Waals surface area contributed by atoms with E-state index in [1.807, 2.05) is 20.0 Å². The van der Waals surface area contributed by atoms with Crippen molar-refractivity contribution in [3.63, 3.8) is 0 Å². The van der Waals surface area contributed by atoms with Crippen LogP contribution in [0.3, 0.4) is 0 Å². The maximum atomic E-state index is 12.3. The number of aryl methyl sites for hydroxylation is 1. The highest BCUT2D eigenvalue weighted by molar-refractivity contribution is 5.95. The van der Waals surface area contributed by atoms with Crippen LogP contribution >= 0.6 is 0 Å². The minimum absolute atomic E-state index is 0.0181. The summed E-state index contributed by atoms with van der Waals surface area (Å²) in [6, 6.07) is 4.41. The van der Waals surface area contributed by atoms with Gasteiger partial charge in [0.1, 0.15) is 5.82 Å². The smallest absolute Gasteiger partial charge is 0.251 e. The molecule has 1 saturated carbocycles. The van der Waals surface area contributed by atoms with Crippen LogP contribution in [0.2, 0.25) is 0 Å². The number of likely N-dealkylation sites (N-methyl/N-ethyl adjacent to an activating group) is 1. The molecule has 1 heterocycles. The maximum Gasteiger partial charge on any atom is 0.251 e. The fourth-order valence-corrected chi connectivity index (χ4v) is 2.48. The molecule has 1 aromatic rings. The van der Waals surface area contributed by atoms with Gasteiger partial charge in [-0.3, -0.25) is 9.69 Å². The molecule has 1 aliphatic carbocycles. The molecule has 0 bridgehead atoms. The van der Waals surface area contributed by atoms with Crippen LogP contribution in [0.5, 0.6) is 0 Å². The van der Waals surface area contributed by atoms with E-state index in [0.29, 0.717) is 12.1 Å². The Hall–Kier alpha value is -1.62. The minimum Gasteiger partial charge on any atom is -0.373 e. The first kappa shape index (κ1) is 15.8. The van der Waals surface area contributed by atoms with Gasteiger partial charge in [0.05, 0.1) is 0 Å². The highest BCUT2D eigenvalue weighted by Gasteiger charge is 2.27. The van der Waals surface area contributed by atoms with Gasteiger partial charge in [-0.1, -0.05) is 13.8 Å².